The van der Waals surface area contributed by atoms with E-state index in [0.717, 1.165) is 12.8 Å². The summed E-state index contributed by atoms with van der Waals surface area (Å²) in [7, 11) is 0. The van der Waals surface area contributed by atoms with E-state index in [-0.39, 0.29) is 5.82 Å². The Morgan fingerprint density at radius 1 is 1.24 bits per heavy atom. The van der Waals surface area contributed by atoms with Gasteiger partial charge in [-0.1, -0.05) is 29.3 Å². The molecule has 1 aromatic heterocycles. The van der Waals surface area contributed by atoms with Gasteiger partial charge in [-0.25, -0.2) is 14.5 Å². The second kappa shape index (κ2) is 7.01. The van der Waals surface area contributed by atoms with Gasteiger partial charge >= 0.3 is 5.97 Å². The highest BCUT2D eigenvalue weighted by Crippen LogP contribution is 2.29. The molecule has 2 heterocycles. The van der Waals surface area contributed by atoms with Crippen molar-refractivity contribution in [3.05, 3.63) is 39.9 Å². The predicted molar refractivity (Wildman–Crippen MR) is 92.4 cm³/mol. The topological polar surface area (TPSA) is 88.3 Å². The Bertz CT molecular complexity index is 817. The normalized spacial score (nSPS) is 17.6. The van der Waals surface area contributed by atoms with Crippen molar-refractivity contribution in [2.45, 2.75) is 32.2 Å². The zero-order valence-corrected chi connectivity index (χ0v) is 15.0. The van der Waals surface area contributed by atoms with E-state index in [1.165, 1.54) is 9.58 Å². The van der Waals surface area contributed by atoms with Gasteiger partial charge < -0.3 is 10.0 Å². The predicted octanol–water partition coefficient (Wildman–Crippen LogP) is 2.96. The summed E-state index contributed by atoms with van der Waals surface area (Å²) in [4.78, 5) is 29.7. The zero-order valence-electron chi connectivity index (χ0n) is 13.4. The molecular weight excluding hydrogens is 367 g/mol. The van der Waals surface area contributed by atoms with Crippen molar-refractivity contribution in [3.63, 3.8) is 0 Å². The molecule has 1 aliphatic rings. The third kappa shape index (κ3) is 3.34. The Morgan fingerprint density at radius 3 is 2.56 bits per heavy atom. The Labute approximate surface area is 154 Å². The first-order valence-electron chi connectivity index (χ1n) is 7.82. The summed E-state index contributed by atoms with van der Waals surface area (Å²) in [6.45, 7) is 2.05. The van der Waals surface area contributed by atoms with Crippen LogP contribution in [0.3, 0.4) is 0 Å². The number of hydrogen-bond donors (Lipinski definition) is 1. The van der Waals surface area contributed by atoms with Crippen LogP contribution in [-0.4, -0.2) is 49.2 Å². The van der Waals surface area contributed by atoms with Crippen LogP contribution in [0.5, 0.6) is 0 Å². The van der Waals surface area contributed by atoms with Gasteiger partial charge in [0.2, 0.25) is 5.82 Å². The fourth-order valence-electron chi connectivity index (χ4n) is 2.94. The number of carbonyl (C=O) groups is 2. The Morgan fingerprint density at radius 2 is 1.92 bits per heavy atom. The molecule has 0 radical (unpaired) electrons. The minimum Gasteiger partial charge on any atom is -0.480 e. The molecule has 7 nitrogen and oxygen atoms in total. The molecule has 0 bridgehead atoms. The molecule has 132 valence electrons. The lowest BCUT2D eigenvalue weighted by atomic mass is 10.0. The number of benzene rings is 1. The molecule has 0 saturated carbocycles. The first-order valence-corrected chi connectivity index (χ1v) is 8.57. The van der Waals surface area contributed by atoms with Crippen LogP contribution in [0.2, 0.25) is 10.0 Å². The number of para-hydroxylation sites is 1. The van der Waals surface area contributed by atoms with Crippen molar-refractivity contribution < 1.29 is 14.7 Å². The van der Waals surface area contributed by atoms with E-state index in [2.05, 4.69) is 10.1 Å². The van der Waals surface area contributed by atoms with Gasteiger partial charge in [0, 0.05) is 6.54 Å². The molecule has 1 amide bonds. The first-order chi connectivity index (χ1) is 11.9. The fraction of sp³-hybridized carbons (Fsp3) is 0.375. The molecule has 1 saturated heterocycles. The third-order valence-corrected chi connectivity index (χ3v) is 4.77. The molecule has 3 rings (SSSR count). The van der Waals surface area contributed by atoms with Crippen LogP contribution in [-0.2, 0) is 4.79 Å². The molecule has 1 fully saturated rings. The SMILES string of the molecule is Cc1nc(C(=O)N2CCCCC2C(=O)O)nn1-c1c(Cl)cccc1Cl. The van der Waals surface area contributed by atoms with E-state index in [4.69, 9.17) is 23.2 Å². The number of carbonyl (C=O) groups excluding carboxylic acids is 1. The lowest BCUT2D eigenvalue weighted by molar-refractivity contribution is -0.143. The smallest absolute Gasteiger partial charge is 0.326 e. The number of aliphatic carboxylic acids is 1. The van der Waals surface area contributed by atoms with Crippen molar-refractivity contribution in [2.24, 2.45) is 0 Å². The van der Waals surface area contributed by atoms with E-state index in [9.17, 15) is 14.7 Å². The van der Waals surface area contributed by atoms with Gasteiger partial charge in [0.05, 0.1) is 10.0 Å². The summed E-state index contributed by atoms with van der Waals surface area (Å²) >= 11 is 12.4. The molecule has 1 N–H and O–H groups in total. The summed E-state index contributed by atoms with van der Waals surface area (Å²) in [5.74, 6) is -1.15. The van der Waals surface area contributed by atoms with Crippen LogP contribution < -0.4 is 0 Å². The largest absolute Gasteiger partial charge is 0.480 e. The average molecular weight is 383 g/mol. The van der Waals surface area contributed by atoms with E-state index in [0.29, 0.717) is 34.5 Å². The second-order valence-electron chi connectivity index (χ2n) is 5.81. The monoisotopic (exact) mass is 382 g/mol. The summed E-state index contributed by atoms with van der Waals surface area (Å²) in [5.41, 5.74) is 0.434. The first kappa shape index (κ1) is 17.7. The van der Waals surface area contributed by atoms with Gasteiger partial charge in [-0.2, -0.15) is 0 Å². The van der Waals surface area contributed by atoms with Gasteiger partial charge in [0.1, 0.15) is 17.6 Å². The lowest BCUT2D eigenvalue weighted by Gasteiger charge is -2.31. The summed E-state index contributed by atoms with van der Waals surface area (Å²) in [6, 6.07) is 4.18. The maximum Gasteiger partial charge on any atom is 0.326 e. The molecule has 0 spiro atoms. The number of carboxylic acid groups (broad SMARTS) is 1. The summed E-state index contributed by atoms with van der Waals surface area (Å²) < 4.78 is 1.40. The van der Waals surface area contributed by atoms with Crippen LogP contribution >= 0.6 is 23.2 Å². The maximum absolute atomic E-state index is 12.7. The average Bonchev–Trinajstić information content (AvgIpc) is 2.95. The Kier molecular flexibility index (Phi) is 4.96. The molecule has 1 aliphatic heterocycles. The van der Waals surface area contributed by atoms with E-state index >= 15 is 0 Å². The quantitative estimate of drug-likeness (QED) is 0.881. The highest BCUT2D eigenvalue weighted by molar-refractivity contribution is 6.37. The molecule has 0 aliphatic carbocycles. The van der Waals surface area contributed by atoms with Crippen molar-refractivity contribution >= 4 is 35.1 Å². The number of aryl methyl sites for hydroxylation is 1. The highest BCUT2D eigenvalue weighted by Gasteiger charge is 2.34. The molecule has 1 aromatic carbocycles. The Balaban J connectivity index is 1.97. The second-order valence-corrected chi connectivity index (χ2v) is 6.63. The van der Waals surface area contributed by atoms with Crippen LogP contribution in [0, 0.1) is 6.92 Å². The third-order valence-electron chi connectivity index (χ3n) is 4.16. The molecule has 25 heavy (non-hydrogen) atoms. The van der Waals surface area contributed by atoms with Crippen molar-refractivity contribution in [3.8, 4) is 5.69 Å². The number of hydrogen-bond acceptors (Lipinski definition) is 4. The van der Waals surface area contributed by atoms with Crippen LogP contribution in [0.25, 0.3) is 5.69 Å². The Hall–Kier alpha value is -2.12. The van der Waals surface area contributed by atoms with E-state index in [1.807, 2.05) is 0 Å². The van der Waals surface area contributed by atoms with Gasteiger partial charge in [-0.3, -0.25) is 4.79 Å². The zero-order chi connectivity index (χ0) is 18.1. The van der Waals surface area contributed by atoms with Gasteiger partial charge in [0.15, 0.2) is 0 Å². The number of carboxylic acids is 1. The number of piperidine rings is 1. The van der Waals surface area contributed by atoms with Crippen LogP contribution in [0.4, 0.5) is 0 Å². The fourth-order valence-corrected chi connectivity index (χ4v) is 3.50. The van der Waals surface area contributed by atoms with Crippen molar-refractivity contribution in [1.82, 2.24) is 19.7 Å². The molecule has 1 atom stereocenters. The molecular formula is C16H16Cl2N4O3. The van der Waals surface area contributed by atoms with Crippen LogP contribution in [0.15, 0.2) is 18.2 Å². The standard InChI is InChI=1S/C16H16Cl2N4O3/c1-9-19-14(15(23)21-8-3-2-7-12(21)16(24)25)20-22(9)13-10(17)5-4-6-11(13)18/h4-6,12H,2-3,7-8H2,1H3,(H,24,25). The summed E-state index contributed by atoms with van der Waals surface area (Å²) in [6.07, 6.45) is 1.96. The number of likely N-dealkylation sites (tertiary alicyclic amines) is 1. The molecule has 1 unspecified atom stereocenters. The van der Waals surface area contributed by atoms with Crippen molar-refractivity contribution in [1.29, 1.82) is 0 Å². The minimum absolute atomic E-state index is 0.0679. The lowest BCUT2D eigenvalue weighted by Crippen LogP contribution is -2.48. The molecule has 9 heteroatoms. The van der Waals surface area contributed by atoms with Gasteiger partial charge in [0.25, 0.3) is 5.91 Å². The van der Waals surface area contributed by atoms with Crippen LogP contribution in [0.1, 0.15) is 35.7 Å². The number of rotatable bonds is 3. The van der Waals surface area contributed by atoms with E-state index in [1.54, 1.807) is 25.1 Å². The number of amides is 1. The summed E-state index contributed by atoms with van der Waals surface area (Å²) in [5, 5.41) is 14.3. The number of nitrogens with zero attached hydrogens (tertiary/aromatic N) is 4. The number of aromatic nitrogens is 3. The molecule has 2 aromatic rings. The van der Waals surface area contributed by atoms with Gasteiger partial charge in [-0.15, -0.1) is 5.10 Å². The van der Waals surface area contributed by atoms with Gasteiger partial charge in [-0.05, 0) is 38.3 Å². The van der Waals surface area contributed by atoms with E-state index < -0.39 is 17.9 Å². The van der Waals surface area contributed by atoms with Crippen molar-refractivity contribution in [2.75, 3.05) is 6.54 Å². The number of halogens is 2. The minimum atomic E-state index is -1.02. The maximum atomic E-state index is 12.7. The highest BCUT2D eigenvalue weighted by atomic mass is 35.5.